The van der Waals surface area contributed by atoms with Gasteiger partial charge in [-0.1, -0.05) is 36.4 Å². The van der Waals surface area contributed by atoms with E-state index in [4.69, 9.17) is 5.73 Å². The zero-order chi connectivity index (χ0) is 33.5. The van der Waals surface area contributed by atoms with Crippen LogP contribution in [0.3, 0.4) is 0 Å². The minimum atomic E-state index is -0.857. The first-order valence-corrected chi connectivity index (χ1v) is 16.4. The van der Waals surface area contributed by atoms with Crippen LogP contribution >= 0.6 is 0 Å². The van der Waals surface area contributed by atoms with Crippen molar-refractivity contribution < 1.29 is 18.8 Å². The number of nitrogens with zero attached hydrogens (tertiary/aromatic N) is 4. The van der Waals surface area contributed by atoms with Crippen LogP contribution in [-0.4, -0.2) is 82.0 Å². The second kappa shape index (κ2) is 15.3. The van der Waals surface area contributed by atoms with Gasteiger partial charge in [-0.25, -0.2) is 4.39 Å². The number of amides is 3. The van der Waals surface area contributed by atoms with E-state index in [0.29, 0.717) is 61.3 Å². The second-order valence-electron chi connectivity index (χ2n) is 12.4. The molecular weight excluding hydrogens is 613 g/mol. The first kappa shape index (κ1) is 32.9. The van der Waals surface area contributed by atoms with Crippen molar-refractivity contribution in [2.24, 2.45) is 17.6 Å². The molecule has 2 fully saturated rings. The molecule has 4 aromatic rings. The minimum absolute atomic E-state index is 0.0451. The fourth-order valence-electron chi connectivity index (χ4n) is 6.39. The van der Waals surface area contributed by atoms with E-state index in [1.807, 2.05) is 12.1 Å². The second-order valence-corrected chi connectivity index (χ2v) is 12.4. The van der Waals surface area contributed by atoms with Crippen molar-refractivity contribution in [2.45, 2.75) is 38.1 Å². The van der Waals surface area contributed by atoms with E-state index in [-0.39, 0.29) is 35.6 Å². The molecule has 0 spiro atoms. The Morgan fingerprint density at radius 2 is 1.65 bits per heavy atom. The van der Waals surface area contributed by atoms with Crippen LogP contribution in [0.1, 0.15) is 41.6 Å². The molecule has 250 valence electrons. The average molecular weight is 654 g/mol. The molecule has 1 aliphatic carbocycles. The Kier molecular flexibility index (Phi) is 10.5. The van der Waals surface area contributed by atoms with Crippen LogP contribution in [0, 0.1) is 17.7 Å². The maximum atomic E-state index is 15.7. The van der Waals surface area contributed by atoms with Crippen molar-refractivity contribution in [3.05, 3.63) is 83.7 Å². The highest BCUT2D eigenvalue weighted by atomic mass is 19.1. The topological polar surface area (TPSA) is 171 Å². The summed E-state index contributed by atoms with van der Waals surface area (Å²) in [5.74, 6) is -0.718. The molecule has 6 rings (SSSR count). The zero-order valence-corrected chi connectivity index (χ0v) is 26.6. The van der Waals surface area contributed by atoms with Crippen molar-refractivity contribution in [1.29, 1.82) is 0 Å². The number of nitrogens with two attached hydrogens (primary N) is 1. The summed E-state index contributed by atoms with van der Waals surface area (Å²) in [6, 6.07) is 18.2. The fourth-order valence-corrected chi connectivity index (χ4v) is 6.39. The van der Waals surface area contributed by atoms with Gasteiger partial charge in [-0.3, -0.25) is 14.4 Å². The minimum Gasteiger partial charge on any atom is -0.344 e. The van der Waals surface area contributed by atoms with Gasteiger partial charge in [0.05, 0.1) is 5.56 Å². The lowest BCUT2D eigenvalue weighted by Crippen LogP contribution is -2.48. The summed E-state index contributed by atoms with van der Waals surface area (Å²) in [6.45, 7) is 3.03. The molecule has 3 aromatic carbocycles. The molecule has 6 N–H and O–H groups in total. The van der Waals surface area contributed by atoms with Gasteiger partial charge in [0.15, 0.2) is 0 Å². The number of aromatic nitrogens is 4. The molecule has 0 bridgehead atoms. The molecule has 48 heavy (non-hydrogen) atoms. The summed E-state index contributed by atoms with van der Waals surface area (Å²) >= 11 is 0. The van der Waals surface area contributed by atoms with Gasteiger partial charge in [0, 0.05) is 55.3 Å². The summed E-state index contributed by atoms with van der Waals surface area (Å²) in [7, 11) is 0. The summed E-state index contributed by atoms with van der Waals surface area (Å²) in [6.07, 6.45) is 3.46. The Morgan fingerprint density at radius 1 is 0.938 bits per heavy atom. The number of hydrogen-bond donors (Lipinski definition) is 5. The number of H-pyrrole nitrogens is 1. The summed E-state index contributed by atoms with van der Waals surface area (Å²) in [5.41, 5.74) is 8.88. The number of aromatic amines is 1. The number of anilines is 1. The van der Waals surface area contributed by atoms with E-state index in [0.717, 1.165) is 36.8 Å². The third-order valence-corrected chi connectivity index (χ3v) is 9.28. The summed E-state index contributed by atoms with van der Waals surface area (Å²) in [5, 5.41) is 23.1. The van der Waals surface area contributed by atoms with E-state index in [2.05, 4.69) is 36.6 Å². The van der Waals surface area contributed by atoms with Gasteiger partial charge in [0.1, 0.15) is 11.9 Å². The van der Waals surface area contributed by atoms with Crippen LogP contribution in [-0.2, 0) is 16.0 Å². The van der Waals surface area contributed by atoms with E-state index in [1.54, 1.807) is 53.4 Å². The average Bonchev–Trinajstić information content (AvgIpc) is 3.68. The molecule has 3 amide bonds. The van der Waals surface area contributed by atoms with Crippen molar-refractivity contribution in [3.63, 3.8) is 0 Å². The van der Waals surface area contributed by atoms with Crippen LogP contribution in [0.4, 0.5) is 10.1 Å². The first-order chi connectivity index (χ1) is 23.4. The van der Waals surface area contributed by atoms with Crippen LogP contribution < -0.4 is 21.7 Å². The lowest BCUT2D eigenvalue weighted by molar-refractivity contribution is -0.130. The van der Waals surface area contributed by atoms with Crippen LogP contribution in [0.15, 0.2) is 66.7 Å². The van der Waals surface area contributed by atoms with E-state index in [9.17, 15) is 14.4 Å². The molecule has 0 radical (unpaired) electrons. The molecule has 1 aromatic heterocycles. The van der Waals surface area contributed by atoms with Crippen molar-refractivity contribution in [3.8, 4) is 22.5 Å². The Balaban J connectivity index is 1.17. The first-order valence-electron chi connectivity index (χ1n) is 16.4. The molecule has 1 atom stereocenters. The van der Waals surface area contributed by atoms with E-state index < -0.39 is 11.9 Å². The molecule has 0 unspecified atom stereocenters. The number of carbonyl (C=O) groups excluding carboxylic acids is 3. The van der Waals surface area contributed by atoms with E-state index in [1.165, 1.54) is 6.07 Å². The maximum absolute atomic E-state index is 15.7. The van der Waals surface area contributed by atoms with Crippen LogP contribution in [0.25, 0.3) is 22.5 Å². The van der Waals surface area contributed by atoms with E-state index >= 15 is 4.39 Å². The van der Waals surface area contributed by atoms with Gasteiger partial charge in [-0.05, 0) is 84.8 Å². The SMILES string of the molecule is NCC1CCC(C(=O)N[C@@H](Cc2ccc(-c3cccc(C(=O)N4CCNCC4)c3F)cc2)C(=O)Nc2ccc(-c3nn[nH]n3)cc2)CC1. The van der Waals surface area contributed by atoms with Crippen LogP contribution in [0.5, 0.6) is 0 Å². The maximum Gasteiger partial charge on any atom is 0.256 e. The highest BCUT2D eigenvalue weighted by Gasteiger charge is 2.30. The number of carbonyl (C=O) groups is 3. The summed E-state index contributed by atoms with van der Waals surface area (Å²) in [4.78, 5) is 41.7. The van der Waals surface area contributed by atoms with Crippen molar-refractivity contribution in [1.82, 2.24) is 36.2 Å². The third-order valence-electron chi connectivity index (χ3n) is 9.28. The largest absolute Gasteiger partial charge is 0.344 e. The quantitative estimate of drug-likeness (QED) is 0.174. The number of benzene rings is 3. The summed E-state index contributed by atoms with van der Waals surface area (Å²) < 4.78 is 15.7. The molecule has 2 aliphatic rings. The van der Waals surface area contributed by atoms with Crippen LogP contribution in [0.2, 0.25) is 0 Å². The molecule has 1 saturated carbocycles. The number of nitrogens with one attached hydrogen (secondary N) is 4. The molecular formula is C35H40FN9O3. The number of hydrogen-bond acceptors (Lipinski definition) is 8. The van der Waals surface area contributed by atoms with Gasteiger partial charge in [-0.15, -0.1) is 10.2 Å². The standard InChI is InChI=1S/C35H40FN9O3/c36-31-28(2-1-3-29(31)35(48)45-18-16-38-17-19-45)24-8-4-22(5-9-24)20-30(40-33(46)26-10-6-23(21-37)7-11-26)34(47)39-27-14-12-25(13-15-27)32-41-43-44-42-32/h1-5,8-9,12-15,23,26,30,38H,6-7,10-11,16-21,37H2,(H,39,47)(H,40,46)(H,41,42,43,44)/t23?,26?,30-/m0/s1. The van der Waals surface area contributed by atoms with Gasteiger partial charge >= 0.3 is 0 Å². The monoisotopic (exact) mass is 653 g/mol. The lowest BCUT2D eigenvalue weighted by atomic mass is 9.81. The Hall–Kier alpha value is -5.01. The normalized spacial score (nSPS) is 18.6. The zero-order valence-electron chi connectivity index (χ0n) is 26.6. The third kappa shape index (κ3) is 7.75. The smallest absolute Gasteiger partial charge is 0.256 e. The highest BCUT2D eigenvalue weighted by molar-refractivity contribution is 5.98. The van der Waals surface area contributed by atoms with Gasteiger partial charge in [0.2, 0.25) is 17.6 Å². The predicted molar refractivity (Wildman–Crippen MR) is 179 cm³/mol. The van der Waals surface area contributed by atoms with Crippen molar-refractivity contribution in [2.75, 3.05) is 38.0 Å². The predicted octanol–water partition coefficient (Wildman–Crippen LogP) is 3.15. The van der Waals surface area contributed by atoms with Gasteiger partial charge in [0.25, 0.3) is 5.91 Å². The lowest BCUT2D eigenvalue weighted by Gasteiger charge is -2.28. The Labute approximate surface area is 278 Å². The highest BCUT2D eigenvalue weighted by Crippen LogP contribution is 2.29. The molecule has 13 heteroatoms. The fraction of sp³-hybridized carbons (Fsp3) is 0.371. The van der Waals surface area contributed by atoms with Gasteiger partial charge < -0.3 is 26.6 Å². The van der Waals surface area contributed by atoms with Crippen molar-refractivity contribution >= 4 is 23.4 Å². The van der Waals surface area contributed by atoms with Gasteiger partial charge in [-0.2, -0.15) is 5.21 Å². The molecule has 1 aliphatic heterocycles. The number of halogens is 1. The molecule has 1 saturated heterocycles. The Bertz CT molecular complexity index is 1700. The number of piperazine rings is 1. The number of tetrazole rings is 1. The molecule has 2 heterocycles. The molecule has 12 nitrogen and oxygen atoms in total. The number of rotatable bonds is 10. The Morgan fingerprint density at radius 3 is 2.31 bits per heavy atom.